The normalized spacial score (nSPS) is 25.4. The van der Waals surface area contributed by atoms with E-state index in [9.17, 15) is 0 Å². The van der Waals surface area contributed by atoms with Gasteiger partial charge in [0.25, 0.3) is 0 Å². The van der Waals surface area contributed by atoms with E-state index in [1.54, 1.807) is 0 Å². The molecule has 0 aromatic rings. The van der Waals surface area contributed by atoms with Crippen LogP contribution in [0.3, 0.4) is 0 Å². The largest absolute Gasteiger partial charge is 0.380 e. The first kappa shape index (κ1) is 9.01. The fourth-order valence-electron chi connectivity index (χ4n) is 1.59. The van der Waals surface area contributed by atoms with Crippen LogP contribution < -0.4 is 0 Å². The Morgan fingerprint density at radius 2 is 2.27 bits per heavy atom. The highest BCUT2D eigenvalue weighted by Crippen LogP contribution is 2.11. The Bertz CT molecular complexity index is 108. The van der Waals surface area contributed by atoms with Crippen molar-refractivity contribution in [2.75, 3.05) is 26.8 Å². The van der Waals surface area contributed by atoms with E-state index in [0.29, 0.717) is 6.04 Å². The Balaban J connectivity index is 2.22. The highest BCUT2D eigenvalue weighted by Gasteiger charge is 2.20. The lowest BCUT2D eigenvalue weighted by Crippen LogP contribution is -2.34. The lowest BCUT2D eigenvalue weighted by molar-refractivity contribution is 0.152. The third-order valence-corrected chi connectivity index (χ3v) is 2.18. The smallest absolute Gasteiger partial charge is 0.0622 e. The van der Waals surface area contributed by atoms with Crippen molar-refractivity contribution in [1.29, 1.82) is 0 Å². The lowest BCUT2D eigenvalue weighted by Gasteiger charge is -2.24. The third-order valence-electron chi connectivity index (χ3n) is 2.18. The summed E-state index contributed by atoms with van der Waals surface area (Å²) in [5, 5.41) is 0. The summed E-state index contributed by atoms with van der Waals surface area (Å²) in [5.74, 6) is 0.764. The molecule has 1 unspecified atom stereocenters. The van der Waals surface area contributed by atoms with E-state index in [2.05, 4.69) is 25.8 Å². The van der Waals surface area contributed by atoms with Crippen molar-refractivity contribution in [2.24, 2.45) is 5.92 Å². The molecule has 0 amide bonds. The van der Waals surface area contributed by atoms with Gasteiger partial charge in [0, 0.05) is 19.2 Å². The van der Waals surface area contributed by atoms with Crippen molar-refractivity contribution in [1.82, 2.24) is 4.90 Å². The SMILES string of the molecule is CC(C)CN(C)C1CCOC1. The molecule has 1 heterocycles. The fraction of sp³-hybridized carbons (Fsp3) is 1.00. The quantitative estimate of drug-likeness (QED) is 0.613. The Morgan fingerprint density at radius 1 is 1.55 bits per heavy atom. The van der Waals surface area contributed by atoms with Crippen LogP contribution in [-0.4, -0.2) is 37.7 Å². The van der Waals surface area contributed by atoms with Gasteiger partial charge in [-0.1, -0.05) is 13.8 Å². The van der Waals surface area contributed by atoms with Gasteiger partial charge in [0.1, 0.15) is 0 Å². The standard InChI is InChI=1S/C9H19NO/c1-8(2)6-10(3)9-4-5-11-7-9/h8-9H,4-7H2,1-3H3. The zero-order valence-corrected chi connectivity index (χ0v) is 7.84. The van der Waals surface area contributed by atoms with Crippen molar-refractivity contribution in [3.8, 4) is 0 Å². The minimum absolute atomic E-state index is 0.678. The molecular weight excluding hydrogens is 138 g/mol. The lowest BCUT2D eigenvalue weighted by atomic mass is 10.1. The van der Waals surface area contributed by atoms with Gasteiger partial charge in [0.15, 0.2) is 0 Å². The average Bonchev–Trinajstić information content (AvgIpc) is 2.35. The molecule has 0 aromatic carbocycles. The first-order chi connectivity index (χ1) is 5.20. The number of nitrogens with zero attached hydrogens (tertiary/aromatic N) is 1. The molecule has 1 fully saturated rings. The molecule has 11 heavy (non-hydrogen) atoms. The van der Waals surface area contributed by atoms with Gasteiger partial charge in [0.2, 0.25) is 0 Å². The summed E-state index contributed by atoms with van der Waals surface area (Å²) < 4.78 is 5.32. The minimum Gasteiger partial charge on any atom is -0.380 e. The van der Waals surface area contributed by atoms with Gasteiger partial charge in [0.05, 0.1) is 6.61 Å². The van der Waals surface area contributed by atoms with Gasteiger partial charge >= 0.3 is 0 Å². The second kappa shape index (κ2) is 4.07. The van der Waals surface area contributed by atoms with Crippen molar-refractivity contribution < 1.29 is 4.74 Å². The van der Waals surface area contributed by atoms with Gasteiger partial charge in [-0.15, -0.1) is 0 Å². The molecule has 1 atom stereocenters. The topological polar surface area (TPSA) is 12.5 Å². The van der Waals surface area contributed by atoms with Gasteiger partial charge in [-0.2, -0.15) is 0 Å². The molecule has 0 saturated carbocycles. The van der Waals surface area contributed by atoms with Crippen LogP contribution in [0.4, 0.5) is 0 Å². The number of hydrogen-bond donors (Lipinski definition) is 0. The second-order valence-corrected chi connectivity index (χ2v) is 3.85. The van der Waals surface area contributed by atoms with E-state index in [0.717, 1.165) is 19.1 Å². The van der Waals surface area contributed by atoms with Crippen molar-refractivity contribution in [2.45, 2.75) is 26.3 Å². The van der Waals surface area contributed by atoms with E-state index in [-0.39, 0.29) is 0 Å². The third kappa shape index (κ3) is 2.80. The molecule has 0 aromatic heterocycles. The van der Waals surface area contributed by atoms with E-state index < -0.39 is 0 Å². The van der Waals surface area contributed by atoms with Gasteiger partial charge < -0.3 is 9.64 Å². The summed E-state index contributed by atoms with van der Waals surface area (Å²) in [7, 11) is 2.19. The van der Waals surface area contributed by atoms with Crippen molar-refractivity contribution in [3.63, 3.8) is 0 Å². The van der Waals surface area contributed by atoms with Gasteiger partial charge in [-0.25, -0.2) is 0 Å². The average molecular weight is 157 g/mol. The molecule has 2 nitrogen and oxygen atoms in total. The minimum atomic E-state index is 0.678. The second-order valence-electron chi connectivity index (χ2n) is 3.85. The zero-order valence-electron chi connectivity index (χ0n) is 7.84. The number of likely N-dealkylation sites (N-methyl/N-ethyl adjacent to an activating group) is 1. The maximum absolute atomic E-state index is 5.32. The predicted molar refractivity (Wildman–Crippen MR) is 46.7 cm³/mol. The molecule has 1 aliphatic heterocycles. The Hall–Kier alpha value is -0.0800. The van der Waals surface area contributed by atoms with Gasteiger partial charge in [-0.3, -0.25) is 0 Å². The summed E-state index contributed by atoms with van der Waals surface area (Å²) in [5.41, 5.74) is 0. The van der Waals surface area contributed by atoms with Crippen LogP contribution in [0.2, 0.25) is 0 Å². The van der Waals surface area contributed by atoms with Crippen LogP contribution >= 0.6 is 0 Å². The molecule has 0 aliphatic carbocycles. The fourth-order valence-corrected chi connectivity index (χ4v) is 1.59. The van der Waals surface area contributed by atoms with Crippen LogP contribution in [0.1, 0.15) is 20.3 Å². The number of hydrogen-bond acceptors (Lipinski definition) is 2. The van der Waals surface area contributed by atoms with E-state index in [1.807, 2.05) is 0 Å². The maximum atomic E-state index is 5.32. The highest BCUT2D eigenvalue weighted by molar-refractivity contribution is 4.73. The summed E-state index contributed by atoms with van der Waals surface area (Å²) in [6, 6.07) is 0.678. The number of rotatable bonds is 3. The maximum Gasteiger partial charge on any atom is 0.0622 e. The molecule has 0 spiro atoms. The van der Waals surface area contributed by atoms with Crippen LogP contribution in [0.15, 0.2) is 0 Å². The van der Waals surface area contributed by atoms with Crippen LogP contribution in [-0.2, 0) is 4.74 Å². The van der Waals surface area contributed by atoms with E-state index >= 15 is 0 Å². The predicted octanol–water partition coefficient (Wildman–Crippen LogP) is 1.36. The molecule has 1 saturated heterocycles. The summed E-state index contributed by atoms with van der Waals surface area (Å²) in [6.07, 6.45) is 1.21. The monoisotopic (exact) mass is 157 g/mol. The summed E-state index contributed by atoms with van der Waals surface area (Å²) in [6.45, 7) is 7.59. The Morgan fingerprint density at radius 3 is 2.73 bits per heavy atom. The molecule has 1 aliphatic rings. The summed E-state index contributed by atoms with van der Waals surface area (Å²) in [4.78, 5) is 2.41. The molecule has 2 heteroatoms. The Labute approximate surface area is 69.5 Å². The van der Waals surface area contributed by atoms with Gasteiger partial charge in [-0.05, 0) is 19.4 Å². The molecule has 66 valence electrons. The van der Waals surface area contributed by atoms with Crippen LogP contribution in [0.5, 0.6) is 0 Å². The van der Waals surface area contributed by atoms with Crippen LogP contribution in [0.25, 0.3) is 0 Å². The van der Waals surface area contributed by atoms with E-state index in [1.165, 1.54) is 13.0 Å². The van der Waals surface area contributed by atoms with Crippen LogP contribution in [0, 0.1) is 5.92 Å². The van der Waals surface area contributed by atoms with Crippen molar-refractivity contribution in [3.05, 3.63) is 0 Å². The zero-order chi connectivity index (χ0) is 8.27. The molecule has 1 rings (SSSR count). The van der Waals surface area contributed by atoms with E-state index in [4.69, 9.17) is 4.74 Å². The first-order valence-electron chi connectivity index (χ1n) is 4.48. The molecule has 0 N–H and O–H groups in total. The molecule has 0 radical (unpaired) electrons. The Kier molecular flexibility index (Phi) is 3.34. The van der Waals surface area contributed by atoms with Crippen molar-refractivity contribution >= 4 is 0 Å². The first-order valence-corrected chi connectivity index (χ1v) is 4.48. The molecule has 0 bridgehead atoms. The summed E-state index contributed by atoms with van der Waals surface area (Å²) >= 11 is 0. The molecular formula is C9H19NO. The highest BCUT2D eigenvalue weighted by atomic mass is 16.5. The number of ether oxygens (including phenoxy) is 1.